The number of benzene rings is 1. The molecule has 5 heteroatoms. The lowest BCUT2D eigenvalue weighted by Gasteiger charge is -2.25. The van der Waals surface area contributed by atoms with E-state index in [0.29, 0.717) is 11.6 Å². The van der Waals surface area contributed by atoms with Gasteiger partial charge >= 0.3 is 5.97 Å². The van der Waals surface area contributed by atoms with E-state index in [2.05, 4.69) is 55.8 Å². The first kappa shape index (κ1) is 27.5. The number of carboxylic acid groups (broad SMARTS) is 1. The molecular weight excluding hydrogens is 460 g/mol. The van der Waals surface area contributed by atoms with Crippen molar-refractivity contribution in [2.45, 2.75) is 104 Å². The van der Waals surface area contributed by atoms with Crippen molar-refractivity contribution in [3.8, 4) is 11.1 Å². The maximum Gasteiger partial charge on any atom is 0.310 e. The quantitative estimate of drug-likeness (QED) is 0.405. The molecule has 4 rings (SSSR count). The second kappa shape index (κ2) is 9.96. The summed E-state index contributed by atoms with van der Waals surface area (Å²) in [5.74, 6) is -0.498. The predicted molar refractivity (Wildman–Crippen MR) is 150 cm³/mol. The summed E-state index contributed by atoms with van der Waals surface area (Å²) in [7, 11) is 2.00. The van der Waals surface area contributed by atoms with Crippen LogP contribution in [0.4, 0.5) is 0 Å². The van der Waals surface area contributed by atoms with Crippen LogP contribution in [-0.4, -0.2) is 28.1 Å². The Morgan fingerprint density at radius 3 is 2.24 bits per heavy atom. The number of carboxylic acids is 1. The first-order valence-electron chi connectivity index (χ1n) is 14.1. The Kier molecular flexibility index (Phi) is 7.40. The molecule has 2 aliphatic carbocycles. The minimum absolute atomic E-state index is 0.0247. The molecule has 0 aliphatic heterocycles. The highest BCUT2D eigenvalue weighted by molar-refractivity contribution is 5.95. The summed E-state index contributed by atoms with van der Waals surface area (Å²) in [4.78, 5) is 24.9. The molecule has 0 spiro atoms. The Morgan fingerprint density at radius 2 is 1.68 bits per heavy atom. The minimum atomic E-state index is -1.02. The van der Waals surface area contributed by atoms with Crippen LogP contribution in [0.2, 0.25) is 0 Å². The highest BCUT2D eigenvalue weighted by Gasteiger charge is 2.40. The lowest BCUT2D eigenvalue weighted by atomic mass is 9.81. The van der Waals surface area contributed by atoms with Crippen molar-refractivity contribution in [1.82, 2.24) is 9.88 Å². The van der Waals surface area contributed by atoms with Gasteiger partial charge in [-0.05, 0) is 72.6 Å². The smallest absolute Gasteiger partial charge is 0.310 e. The lowest BCUT2D eigenvalue weighted by molar-refractivity contribution is -0.146. The van der Waals surface area contributed by atoms with E-state index in [4.69, 9.17) is 0 Å². The number of rotatable bonds is 8. The zero-order valence-corrected chi connectivity index (χ0v) is 24.0. The number of aromatic nitrogens is 1. The average Bonchev–Trinajstić information content (AvgIpc) is 3.52. The molecule has 2 saturated carbocycles. The van der Waals surface area contributed by atoms with Gasteiger partial charge < -0.3 is 15.0 Å². The summed E-state index contributed by atoms with van der Waals surface area (Å²) in [6.45, 7) is 12.5. The lowest BCUT2D eigenvalue weighted by Crippen LogP contribution is -2.39. The van der Waals surface area contributed by atoms with Crippen LogP contribution in [-0.2, 0) is 29.1 Å². The summed E-state index contributed by atoms with van der Waals surface area (Å²) in [5.41, 5.74) is 6.13. The first-order chi connectivity index (χ1) is 17.2. The number of hydrogen-bond acceptors (Lipinski definition) is 2. The molecule has 202 valence electrons. The molecule has 2 aliphatic rings. The third-order valence-electron chi connectivity index (χ3n) is 8.87. The molecule has 0 radical (unpaired) electrons. The van der Waals surface area contributed by atoms with Crippen LogP contribution < -0.4 is 5.32 Å². The van der Waals surface area contributed by atoms with Crippen molar-refractivity contribution >= 4 is 11.9 Å². The monoisotopic (exact) mass is 506 g/mol. The fourth-order valence-corrected chi connectivity index (χ4v) is 5.53. The van der Waals surface area contributed by atoms with Crippen molar-refractivity contribution in [2.75, 3.05) is 6.54 Å². The van der Waals surface area contributed by atoms with Gasteiger partial charge in [-0.1, -0.05) is 78.0 Å². The standard InChI is InChI=1S/C32H46N2O3/c1-30(2,3)23-16-22(17-24(18-23)32(6)13-14-32)25-19-27(28(35)33-20-31(4,5)29(36)37)34(7)26(25)15-21-11-9-8-10-12-21/h16-19,21H,8-15,20H2,1-7H3,(H,33,35)(H,36,37). The first-order valence-corrected chi connectivity index (χ1v) is 14.1. The fourth-order valence-electron chi connectivity index (χ4n) is 5.53. The Balaban J connectivity index is 1.78. The molecule has 2 aromatic rings. The number of hydrogen-bond donors (Lipinski definition) is 2. The molecular formula is C32H46N2O3. The van der Waals surface area contributed by atoms with Gasteiger partial charge in [0.1, 0.15) is 5.69 Å². The molecule has 0 saturated heterocycles. The van der Waals surface area contributed by atoms with E-state index >= 15 is 0 Å². The van der Waals surface area contributed by atoms with Gasteiger partial charge in [0.25, 0.3) is 5.91 Å². The van der Waals surface area contributed by atoms with Gasteiger partial charge in [-0.25, -0.2) is 0 Å². The van der Waals surface area contributed by atoms with Gasteiger partial charge in [-0.2, -0.15) is 0 Å². The molecule has 37 heavy (non-hydrogen) atoms. The van der Waals surface area contributed by atoms with Crippen LogP contribution in [0.15, 0.2) is 24.3 Å². The average molecular weight is 507 g/mol. The third kappa shape index (κ3) is 5.97. The van der Waals surface area contributed by atoms with Crippen LogP contribution >= 0.6 is 0 Å². The number of amides is 1. The van der Waals surface area contributed by atoms with Crippen molar-refractivity contribution in [2.24, 2.45) is 18.4 Å². The Morgan fingerprint density at radius 1 is 1.03 bits per heavy atom. The van der Waals surface area contributed by atoms with Gasteiger partial charge in [-0.3, -0.25) is 9.59 Å². The Labute approximate surface area is 223 Å². The summed E-state index contributed by atoms with van der Waals surface area (Å²) in [5, 5.41) is 12.4. The van der Waals surface area contributed by atoms with Crippen LogP contribution in [0.1, 0.15) is 114 Å². The molecule has 1 heterocycles. The molecule has 2 fully saturated rings. The minimum Gasteiger partial charge on any atom is -0.481 e. The van der Waals surface area contributed by atoms with Gasteiger partial charge in [0.15, 0.2) is 0 Å². The Hall–Kier alpha value is -2.56. The zero-order valence-electron chi connectivity index (χ0n) is 24.0. The highest BCUT2D eigenvalue weighted by Crippen LogP contribution is 2.49. The second-order valence-electron chi connectivity index (χ2n) is 13.6. The topological polar surface area (TPSA) is 71.3 Å². The SMILES string of the molecule is Cn1c(C(=O)NCC(C)(C)C(=O)O)cc(-c2cc(C(C)(C)C)cc(C3(C)CC3)c2)c1CC1CCCCC1. The van der Waals surface area contributed by atoms with Gasteiger partial charge in [0, 0.05) is 24.8 Å². The van der Waals surface area contributed by atoms with Crippen molar-refractivity contribution in [1.29, 1.82) is 0 Å². The fraction of sp³-hybridized carbons (Fsp3) is 0.625. The number of carbonyl (C=O) groups is 2. The van der Waals surface area contributed by atoms with E-state index in [0.717, 1.165) is 12.0 Å². The predicted octanol–water partition coefficient (Wildman–Crippen LogP) is 7.00. The number of aliphatic carboxylic acids is 1. The zero-order chi connectivity index (χ0) is 27.2. The summed E-state index contributed by atoms with van der Waals surface area (Å²) >= 11 is 0. The summed E-state index contributed by atoms with van der Waals surface area (Å²) in [6.07, 6.45) is 9.77. The van der Waals surface area contributed by atoms with Crippen molar-refractivity contribution in [3.63, 3.8) is 0 Å². The molecule has 0 atom stereocenters. The van der Waals surface area contributed by atoms with E-state index in [1.54, 1.807) is 13.8 Å². The largest absolute Gasteiger partial charge is 0.481 e. The number of carbonyl (C=O) groups excluding carboxylic acids is 1. The van der Waals surface area contributed by atoms with Crippen molar-refractivity contribution < 1.29 is 14.7 Å². The molecule has 0 unspecified atom stereocenters. The molecule has 1 aromatic heterocycles. The van der Waals surface area contributed by atoms with Gasteiger partial charge in [0.2, 0.25) is 0 Å². The van der Waals surface area contributed by atoms with E-state index in [1.807, 2.05) is 13.1 Å². The van der Waals surface area contributed by atoms with Crippen molar-refractivity contribution in [3.05, 3.63) is 46.8 Å². The third-order valence-corrected chi connectivity index (χ3v) is 8.87. The van der Waals surface area contributed by atoms with Crippen LogP contribution in [0, 0.1) is 11.3 Å². The van der Waals surface area contributed by atoms with E-state index in [9.17, 15) is 14.7 Å². The molecule has 1 aromatic carbocycles. The number of nitrogens with one attached hydrogen (secondary N) is 1. The van der Waals surface area contributed by atoms with E-state index in [1.165, 1.54) is 67.3 Å². The molecule has 1 amide bonds. The van der Waals surface area contributed by atoms with Crippen LogP contribution in [0.25, 0.3) is 11.1 Å². The summed E-state index contributed by atoms with van der Waals surface area (Å²) in [6, 6.07) is 9.12. The molecule has 0 bridgehead atoms. The Bertz CT molecular complexity index is 1150. The van der Waals surface area contributed by atoms with Gasteiger partial charge in [-0.15, -0.1) is 0 Å². The summed E-state index contributed by atoms with van der Waals surface area (Å²) < 4.78 is 2.06. The maximum atomic E-state index is 13.4. The number of nitrogens with zero attached hydrogens (tertiary/aromatic N) is 1. The van der Waals surface area contributed by atoms with E-state index in [-0.39, 0.29) is 23.3 Å². The van der Waals surface area contributed by atoms with Crippen LogP contribution in [0.3, 0.4) is 0 Å². The van der Waals surface area contributed by atoms with Crippen LogP contribution in [0.5, 0.6) is 0 Å². The van der Waals surface area contributed by atoms with Gasteiger partial charge in [0.05, 0.1) is 5.41 Å². The second-order valence-corrected chi connectivity index (χ2v) is 13.6. The maximum absolute atomic E-state index is 13.4. The molecule has 5 nitrogen and oxygen atoms in total. The van der Waals surface area contributed by atoms with E-state index < -0.39 is 11.4 Å². The molecule has 2 N–H and O–H groups in total. The highest BCUT2D eigenvalue weighted by atomic mass is 16.4. The normalized spacial score (nSPS) is 18.0.